The van der Waals surface area contributed by atoms with E-state index in [0.717, 1.165) is 22.4 Å². The van der Waals surface area contributed by atoms with Crippen LogP contribution in [0.5, 0.6) is 0 Å². The molecule has 0 radical (unpaired) electrons. The number of sulfone groups is 1. The van der Waals surface area contributed by atoms with Gasteiger partial charge >= 0.3 is 0 Å². The van der Waals surface area contributed by atoms with Crippen LogP contribution in [0, 0.1) is 12.8 Å². The maximum Gasteiger partial charge on any atom is 0.223 e. The highest BCUT2D eigenvalue weighted by molar-refractivity contribution is 7.94. The molecule has 1 aromatic carbocycles. The smallest absolute Gasteiger partial charge is 0.223 e. The molecule has 122 valence electrons. The molecule has 1 aromatic heterocycles. The molecule has 7 heteroatoms. The van der Waals surface area contributed by atoms with Gasteiger partial charge in [0.15, 0.2) is 9.84 Å². The quantitative estimate of drug-likeness (QED) is 0.924. The topological polar surface area (TPSA) is 83.1 Å². The fourth-order valence-electron chi connectivity index (χ4n) is 2.76. The molecule has 23 heavy (non-hydrogen) atoms. The van der Waals surface area contributed by atoms with E-state index < -0.39 is 9.84 Å². The Morgan fingerprint density at radius 3 is 2.87 bits per heavy atom. The lowest BCUT2D eigenvalue weighted by atomic mass is 10.1. The lowest BCUT2D eigenvalue weighted by Gasteiger charge is -2.17. The fraction of sp³-hybridized carbons (Fsp3) is 0.375. The minimum atomic E-state index is -3.12. The van der Waals surface area contributed by atoms with Crippen molar-refractivity contribution in [1.29, 1.82) is 0 Å². The van der Waals surface area contributed by atoms with Crippen molar-refractivity contribution in [3.8, 4) is 0 Å². The average molecular weight is 333 g/mol. The van der Waals surface area contributed by atoms with Crippen LogP contribution < -0.4 is 0 Å². The summed E-state index contributed by atoms with van der Waals surface area (Å²) < 4.78 is 22.8. The summed E-state index contributed by atoms with van der Waals surface area (Å²) in [5, 5.41) is 1.20. The summed E-state index contributed by atoms with van der Waals surface area (Å²) in [6.45, 7) is 2.37. The fourth-order valence-corrected chi connectivity index (χ4v) is 4.16. The number of amides is 1. The van der Waals surface area contributed by atoms with E-state index in [4.69, 9.17) is 0 Å². The largest absolute Gasteiger partial charge is 0.340 e. The number of aromatic nitrogens is 2. The molecule has 1 amide bonds. The minimum absolute atomic E-state index is 0.0242. The molecule has 0 saturated heterocycles. The van der Waals surface area contributed by atoms with Crippen molar-refractivity contribution in [1.82, 2.24) is 14.9 Å². The zero-order valence-corrected chi connectivity index (χ0v) is 13.9. The number of aromatic amines is 1. The molecule has 2 aromatic rings. The molecule has 0 spiro atoms. The number of carbonyl (C=O) groups excluding carboxylic acids is 1. The zero-order valence-electron chi connectivity index (χ0n) is 13.1. The molecule has 1 aliphatic heterocycles. The number of fused-ring (bicyclic) bond motifs is 1. The molecule has 6 nitrogen and oxygen atoms in total. The molecule has 1 N–H and O–H groups in total. The van der Waals surface area contributed by atoms with Crippen LogP contribution in [0.3, 0.4) is 0 Å². The molecule has 0 fully saturated rings. The highest BCUT2D eigenvalue weighted by atomic mass is 32.2. The second-order valence-corrected chi connectivity index (χ2v) is 7.96. The first-order valence-electron chi connectivity index (χ1n) is 7.43. The SMILES string of the molecule is Cc1cccc2[nH]c(CN(C)C(=O)CC3C=CS(=O)(=O)C3)nc12. The third-order valence-electron chi connectivity index (χ3n) is 4.02. The van der Waals surface area contributed by atoms with Gasteiger partial charge in [0.05, 0.1) is 23.3 Å². The van der Waals surface area contributed by atoms with Crippen LogP contribution >= 0.6 is 0 Å². The number of nitrogens with zero attached hydrogens (tertiary/aromatic N) is 2. The van der Waals surface area contributed by atoms with Crippen molar-refractivity contribution < 1.29 is 13.2 Å². The third-order valence-corrected chi connectivity index (χ3v) is 5.48. The molecular formula is C16H19N3O3S. The summed E-state index contributed by atoms with van der Waals surface area (Å²) in [6, 6.07) is 5.91. The summed E-state index contributed by atoms with van der Waals surface area (Å²) in [5.41, 5.74) is 2.94. The second-order valence-electron chi connectivity index (χ2n) is 6.03. The van der Waals surface area contributed by atoms with Crippen molar-refractivity contribution >= 4 is 26.8 Å². The summed E-state index contributed by atoms with van der Waals surface area (Å²) in [7, 11) is -1.41. The first-order valence-corrected chi connectivity index (χ1v) is 9.15. The van der Waals surface area contributed by atoms with E-state index in [-0.39, 0.29) is 24.0 Å². The van der Waals surface area contributed by atoms with E-state index in [1.165, 1.54) is 5.41 Å². The monoisotopic (exact) mass is 333 g/mol. The standard InChI is InChI=1S/C16H19N3O3S/c1-11-4-3-5-13-16(11)18-14(17-13)9-19(2)15(20)8-12-6-7-23(21,22)10-12/h3-7,12H,8-10H2,1-2H3,(H,17,18). The van der Waals surface area contributed by atoms with Gasteiger partial charge in [0, 0.05) is 24.8 Å². The number of benzene rings is 1. The number of para-hydroxylation sites is 1. The van der Waals surface area contributed by atoms with Gasteiger partial charge in [-0.15, -0.1) is 0 Å². The van der Waals surface area contributed by atoms with E-state index >= 15 is 0 Å². The summed E-state index contributed by atoms with van der Waals surface area (Å²) in [5.74, 6) is 0.428. The Hall–Kier alpha value is -2.15. The Balaban J connectivity index is 1.66. The maximum absolute atomic E-state index is 12.3. The Bertz CT molecular complexity index is 883. The van der Waals surface area contributed by atoms with E-state index in [1.54, 1.807) is 18.0 Å². The predicted molar refractivity (Wildman–Crippen MR) is 88.3 cm³/mol. The van der Waals surface area contributed by atoms with Crippen molar-refractivity contribution in [3.63, 3.8) is 0 Å². The average Bonchev–Trinajstić information content (AvgIpc) is 3.02. The van der Waals surface area contributed by atoms with Crippen molar-refractivity contribution in [3.05, 3.63) is 41.1 Å². The molecule has 3 rings (SSSR count). The first kappa shape index (κ1) is 15.7. The van der Waals surface area contributed by atoms with Crippen LogP contribution in [0.25, 0.3) is 11.0 Å². The van der Waals surface area contributed by atoms with Crippen LogP contribution in [0.2, 0.25) is 0 Å². The normalized spacial score (nSPS) is 19.3. The maximum atomic E-state index is 12.3. The lowest BCUT2D eigenvalue weighted by molar-refractivity contribution is -0.131. The van der Waals surface area contributed by atoms with Crippen molar-refractivity contribution in [2.24, 2.45) is 5.92 Å². The van der Waals surface area contributed by atoms with Crippen LogP contribution in [0.15, 0.2) is 29.7 Å². The van der Waals surface area contributed by atoms with E-state index in [1.807, 2.05) is 25.1 Å². The van der Waals surface area contributed by atoms with Gasteiger partial charge in [0.1, 0.15) is 5.82 Å². The van der Waals surface area contributed by atoms with Gasteiger partial charge in [-0.3, -0.25) is 4.79 Å². The molecule has 1 atom stereocenters. The lowest BCUT2D eigenvalue weighted by Crippen LogP contribution is -2.28. The number of hydrogen-bond acceptors (Lipinski definition) is 4. The zero-order chi connectivity index (χ0) is 16.6. The molecule has 0 aliphatic carbocycles. The number of H-pyrrole nitrogens is 1. The Morgan fingerprint density at radius 1 is 1.43 bits per heavy atom. The minimum Gasteiger partial charge on any atom is -0.340 e. The highest BCUT2D eigenvalue weighted by Crippen LogP contribution is 2.20. The molecule has 2 heterocycles. The highest BCUT2D eigenvalue weighted by Gasteiger charge is 2.25. The van der Waals surface area contributed by atoms with Crippen LogP contribution in [0.4, 0.5) is 0 Å². The van der Waals surface area contributed by atoms with Gasteiger partial charge in [-0.1, -0.05) is 18.2 Å². The Kier molecular flexibility index (Phi) is 3.97. The number of hydrogen-bond donors (Lipinski definition) is 1. The Morgan fingerprint density at radius 2 is 2.22 bits per heavy atom. The third kappa shape index (κ3) is 3.44. The van der Waals surface area contributed by atoms with E-state index in [0.29, 0.717) is 6.54 Å². The van der Waals surface area contributed by atoms with Crippen LogP contribution in [0.1, 0.15) is 17.8 Å². The molecule has 1 aliphatic rings. The number of nitrogens with one attached hydrogen (secondary N) is 1. The van der Waals surface area contributed by atoms with Gasteiger partial charge in [-0.2, -0.15) is 0 Å². The summed E-state index contributed by atoms with van der Waals surface area (Å²) in [4.78, 5) is 21.6. The van der Waals surface area contributed by atoms with Crippen molar-refractivity contribution in [2.75, 3.05) is 12.8 Å². The molecule has 1 unspecified atom stereocenters. The predicted octanol–water partition coefficient (Wildman–Crippen LogP) is 1.78. The number of allylic oxidation sites excluding steroid dienone is 1. The van der Waals surface area contributed by atoms with E-state index in [9.17, 15) is 13.2 Å². The van der Waals surface area contributed by atoms with E-state index in [2.05, 4.69) is 9.97 Å². The summed E-state index contributed by atoms with van der Waals surface area (Å²) in [6.07, 6.45) is 1.80. The van der Waals surface area contributed by atoms with Crippen LogP contribution in [-0.4, -0.2) is 42.0 Å². The number of rotatable bonds is 4. The molecule has 0 saturated carbocycles. The van der Waals surface area contributed by atoms with Gasteiger partial charge < -0.3 is 9.88 Å². The second kappa shape index (κ2) is 5.81. The van der Waals surface area contributed by atoms with Crippen LogP contribution in [-0.2, 0) is 21.2 Å². The number of aryl methyl sites for hydroxylation is 1. The van der Waals surface area contributed by atoms with Crippen molar-refractivity contribution in [2.45, 2.75) is 19.9 Å². The van der Waals surface area contributed by atoms with Gasteiger partial charge in [0.25, 0.3) is 0 Å². The van der Waals surface area contributed by atoms with Gasteiger partial charge in [-0.05, 0) is 18.6 Å². The van der Waals surface area contributed by atoms with Gasteiger partial charge in [0.2, 0.25) is 5.91 Å². The summed E-state index contributed by atoms with van der Waals surface area (Å²) >= 11 is 0. The molecule has 0 bridgehead atoms. The Labute approximate surface area is 135 Å². The number of imidazole rings is 1. The van der Waals surface area contributed by atoms with Gasteiger partial charge in [-0.25, -0.2) is 13.4 Å². The first-order chi connectivity index (χ1) is 10.8. The number of carbonyl (C=O) groups is 1. The molecular weight excluding hydrogens is 314 g/mol.